The molecule has 0 saturated carbocycles. The van der Waals surface area contributed by atoms with Gasteiger partial charge in [-0.05, 0) is 46.0 Å². The van der Waals surface area contributed by atoms with E-state index in [0.717, 1.165) is 25.7 Å². The van der Waals surface area contributed by atoms with E-state index >= 15 is 0 Å². The van der Waals surface area contributed by atoms with Crippen LogP contribution in [-0.4, -0.2) is 80.6 Å². The topological polar surface area (TPSA) is 87.1 Å². The molecule has 0 aromatic carbocycles. The largest absolute Gasteiger partial charge is 0.465 e. The summed E-state index contributed by atoms with van der Waals surface area (Å²) in [6, 6.07) is -1.23. The number of hydrogen-bond donors (Lipinski definition) is 1. The van der Waals surface area contributed by atoms with Gasteiger partial charge >= 0.3 is 5.97 Å². The smallest absolute Gasteiger partial charge is 0.311 e. The number of carbonyl (C=O) groups excluding carboxylic acids is 3. The number of esters is 1. The van der Waals surface area contributed by atoms with Gasteiger partial charge in [-0.2, -0.15) is 0 Å². The number of thioether (sulfide) groups is 1. The molecule has 3 heterocycles. The van der Waals surface area contributed by atoms with Crippen molar-refractivity contribution in [2.24, 2.45) is 11.8 Å². The van der Waals surface area contributed by atoms with E-state index in [9.17, 15) is 19.5 Å². The predicted octanol–water partition coefficient (Wildman–Crippen LogP) is 3.17. The first-order valence-electron chi connectivity index (χ1n) is 12.5. The van der Waals surface area contributed by atoms with Crippen LogP contribution in [0.1, 0.15) is 59.3 Å². The van der Waals surface area contributed by atoms with Crippen LogP contribution in [0.2, 0.25) is 0 Å². The molecule has 3 fully saturated rings. The van der Waals surface area contributed by atoms with Crippen LogP contribution in [0.15, 0.2) is 25.3 Å². The number of allylic oxidation sites excluding steroid dienone is 1. The van der Waals surface area contributed by atoms with Crippen molar-refractivity contribution in [3.8, 4) is 0 Å². The van der Waals surface area contributed by atoms with E-state index in [2.05, 4.69) is 20.1 Å². The minimum atomic E-state index is -0.714. The van der Waals surface area contributed by atoms with Gasteiger partial charge in [-0.1, -0.05) is 25.5 Å². The normalized spacial score (nSPS) is 32.4. The highest BCUT2D eigenvalue weighted by molar-refractivity contribution is 8.02. The van der Waals surface area contributed by atoms with Crippen molar-refractivity contribution in [1.82, 2.24) is 9.80 Å². The summed E-state index contributed by atoms with van der Waals surface area (Å²) in [4.78, 5) is 44.6. The van der Waals surface area contributed by atoms with Crippen molar-refractivity contribution in [2.75, 3.05) is 26.3 Å². The summed E-state index contributed by atoms with van der Waals surface area (Å²) in [5.41, 5.74) is 0. The third kappa shape index (κ3) is 4.43. The lowest BCUT2D eigenvalue weighted by Crippen LogP contribution is -2.57. The van der Waals surface area contributed by atoms with Gasteiger partial charge in [0.25, 0.3) is 0 Å². The maximum Gasteiger partial charge on any atom is 0.311 e. The van der Waals surface area contributed by atoms with Crippen LogP contribution in [0.25, 0.3) is 0 Å². The molecule has 8 heteroatoms. The molecule has 0 aromatic rings. The Hall–Kier alpha value is -1.80. The number of fused-ring (bicyclic) bond motifs is 1. The number of ether oxygens (including phenoxy) is 1. The van der Waals surface area contributed by atoms with Gasteiger partial charge in [0, 0.05) is 17.8 Å². The van der Waals surface area contributed by atoms with Crippen LogP contribution in [-0.2, 0) is 19.1 Å². The summed E-state index contributed by atoms with van der Waals surface area (Å²) in [5, 5.41) is 9.98. The van der Waals surface area contributed by atoms with Gasteiger partial charge in [-0.15, -0.1) is 24.9 Å². The zero-order valence-corrected chi connectivity index (χ0v) is 21.6. The van der Waals surface area contributed by atoms with Gasteiger partial charge in [0.1, 0.15) is 6.04 Å². The molecule has 34 heavy (non-hydrogen) atoms. The Balaban J connectivity index is 1.98. The van der Waals surface area contributed by atoms with Crippen LogP contribution in [0.4, 0.5) is 0 Å². The number of unbranched alkanes of at least 4 members (excludes halogenated alkanes) is 2. The fourth-order valence-electron chi connectivity index (χ4n) is 6.02. The van der Waals surface area contributed by atoms with E-state index in [1.54, 1.807) is 40.6 Å². The van der Waals surface area contributed by atoms with E-state index in [1.165, 1.54) is 0 Å². The second-order valence-electron chi connectivity index (χ2n) is 10.0. The van der Waals surface area contributed by atoms with Crippen LogP contribution in [0.3, 0.4) is 0 Å². The minimum absolute atomic E-state index is 0.110. The molecule has 3 aliphatic heterocycles. The van der Waals surface area contributed by atoms with Gasteiger partial charge in [0.15, 0.2) is 0 Å². The number of carbonyl (C=O) groups is 3. The van der Waals surface area contributed by atoms with Crippen molar-refractivity contribution in [3.63, 3.8) is 0 Å². The summed E-state index contributed by atoms with van der Waals surface area (Å²) >= 11 is 1.63. The average molecular weight is 493 g/mol. The molecular formula is C26H40N2O5S. The van der Waals surface area contributed by atoms with Gasteiger partial charge in [0.2, 0.25) is 11.8 Å². The van der Waals surface area contributed by atoms with Crippen LogP contribution in [0.5, 0.6) is 0 Å². The molecule has 0 aromatic heterocycles. The number of aliphatic hydroxyl groups is 1. The van der Waals surface area contributed by atoms with E-state index in [1.807, 2.05) is 6.92 Å². The third-order valence-electron chi connectivity index (χ3n) is 7.68. The zero-order chi connectivity index (χ0) is 25.1. The van der Waals surface area contributed by atoms with Crippen molar-refractivity contribution < 1.29 is 24.2 Å². The Morgan fingerprint density at radius 1 is 1.32 bits per heavy atom. The molecule has 6 atom stereocenters. The predicted molar refractivity (Wildman–Crippen MR) is 134 cm³/mol. The Bertz CT molecular complexity index is 819. The molecule has 0 aliphatic carbocycles. The second kappa shape index (κ2) is 10.9. The molecule has 7 nitrogen and oxygen atoms in total. The lowest BCUT2D eigenvalue weighted by Gasteiger charge is -2.38. The summed E-state index contributed by atoms with van der Waals surface area (Å²) in [6.07, 6.45) is 8.18. The number of aliphatic hydroxyl groups excluding tert-OH is 1. The van der Waals surface area contributed by atoms with Crippen LogP contribution >= 0.6 is 11.8 Å². The van der Waals surface area contributed by atoms with Gasteiger partial charge in [0.05, 0.1) is 35.8 Å². The number of likely N-dealkylation sites (tertiary alicyclic amines) is 1. The quantitative estimate of drug-likeness (QED) is 0.241. The molecule has 2 bridgehead atoms. The molecule has 3 aliphatic rings. The van der Waals surface area contributed by atoms with Crippen molar-refractivity contribution in [2.45, 2.75) is 80.9 Å². The summed E-state index contributed by atoms with van der Waals surface area (Å²) in [7, 11) is 0. The summed E-state index contributed by atoms with van der Waals surface area (Å²) in [5.74, 6) is -1.89. The fourth-order valence-corrected chi connectivity index (χ4v) is 8.35. The molecule has 3 saturated heterocycles. The van der Waals surface area contributed by atoms with E-state index < -0.39 is 33.4 Å². The Kier molecular flexibility index (Phi) is 8.56. The highest BCUT2D eigenvalue weighted by Gasteiger charge is 2.78. The Morgan fingerprint density at radius 2 is 2.06 bits per heavy atom. The first kappa shape index (κ1) is 26.8. The molecule has 3 rings (SSSR count). The maximum absolute atomic E-state index is 14.0. The fraction of sp³-hybridized carbons (Fsp3) is 0.731. The van der Waals surface area contributed by atoms with E-state index in [0.29, 0.717) is 32.5 Å². The first-order valence-corrected chi connectivity index (χ1v) is 13.3. The highest BCUT2D eigenvalue weighted by atomic mass is 32.2. The SMILES string of the molecule is C=CCCCOC(=O)[C@@H]1[C@H]2C(=O)N([C@H](C)CO)C(C(=O)N(CC=C)CCCC)C23CC[C@@]1(C)S3. The monoisotopic (exact) mass is 492 g/mol. The summed E-state index contributed by atoms with van der Waals surface area (Å²) in [6.45, 7) is 14.4. The molecular weight excluding hydrogens is 452 g/mol. The Labute approximate surface area is 208 Å². The third-order valence-corrected chi connectivity index (χ3v) is 9.67. The Morgan fingerprint density at radius 3 is 2.68 bits per heavy atom. The second-order valence-corrected chi connectivity index (χ2v) is 11.9. The summed E-state index contributed by atoms with van der Waals surface area (Å²) < 4.78 is 4.49. The van der Waals surface area contributed by atoms with Crippen molar-refractivity contribution >= 4 is 29.5 Å². The molecule has 1 spiro atoms. The van der Waals surface area contributed by atoms with Crippen molar-refractivity contribution in [1.29, 1.82) is 0 Å². The molecule has 2 amide bonds. The van der Waals surface area contributed by atoms with Gasteiger partial charge < -0.3 is 19.6 Å². The number of rotatable bonds is 13. The molecule has 2 unspecified atom stereocenters. The lowest BCUT2D eigenvalue weighted by molar-refractivity contribution is -0.156. The van der Waals surface area contributed by atoms with E-state index in [-0.39, 0.29) is 24.4 Å². The average Bonchev–Trinajstić information content (AvgIpc) is 3.39. The number of nitrogens with zero attached hydrogens (tertiary/aromatic N) is 2. The molecule has 1 N–H and O–H groups in total. The lowest BCUT2D eigenvalue weighted by atomic mass is 9.66. The van der Waals surface area contributed by atoms with Gasteiger partial charge in [-0.25, -0.2) is 0 Å². The first-order chi connectivity index (χ1) is 16.2. The van der Waals surface area contributed by atoms with E-state index in [4.69, 9.17) is 4.74 Å². The van der Waals surface area contributed by atoms with Crippen LogP contribution in [0, 0.1) is 11.8 Å². The minimum Gasteiger partial charge on any atom is -0.465 e. The maximum atomic E-state index is 14.0. The standard InChI is InChI=1S/C26H40N2O5S/c1-6-9-11-16-33-24(32)20-19-22(30)28(18(4)17-29)21(26(19)13-12-25(20,5)34-26)23(31)27(14-8-3)15-10-7-2/h6,8,18-21,29H,1,3,7,9-17H2,2,4-5H3/t18-,19+,20+,21?,25-,26?/m1/s1. The van der Waals surface area contributed by atoms with Crippen molar-refractivity contribution in [3.05, 3.63) is 25.3 Å². The number of amides is 2. The zero-order valence-electron chi connectivity index (χ0n) is 20.8. The highest BCUT2D eigenvalue weighted by Crippen LogP contribution is 2.71. The van der Waals surface area contributed by atoms with Gasteiger partial charge in [-0.3, -0.25) is 14.4 Å². The number of hydrogen-bond acceptors (Lipinski definition) is 6. The molecule has 0 radical (unpaired) electrons. The molecule has 190 valence electrons. The van der Waals surface area contributed by atoms with Crippen LogP contribution < -0.4 is 0 Å².